The van der Waals surface area contributed by atoms with E-state index in [1.165, 1.54) is 83.5 Å². The van der Waals surface area contributed by atoms with Gasteiger partial charge in [0.1, 0.15) is 12.7 Å². The Bertz CT molecular complexity index is 414. The number of hydrogen-bond donors (Lipinski definition) is 4. The van der Waals surface area contributed by atoms with E-state index in [2.05, 4.69) is 6.92 Å². The van der Waals surface area contributed by atoms with Gasteiger partial charge in [-0.1, -0.05) is 117 Å². The Balaban J connectivity index is 0. The van der Waals surface area contributed by atoms with Gasteiger partial charge in [-0.2, -0.15) is 0 Å². The van der Waals surface area contributed by atoms with Crippen LogP contribution in [0.4, 0.5) is 0 Å². The minimum absolute atomic E-state index is 0.0833. The lowest BCUT2D eigenvalue weighted by molar-refractivity contribution is -0.147. The zero-order valence-electron chi connectivity index (χ0n) is 23.4. The molecule has 0 radical (unpaired) electrons. The molecule has 35 heavy (non-hydrogen) atoms. The van der Waals surface area contributed by atoms with E-state index in [1.54, 1.807) is 0 Å². The summed E-state index contributed by atoms with van der Waals surface area (Å²) in [6.45, 7) is 5.92. The summed E-state index contributed by atoms with van der Waals surface area (Å²) in [5.74, 6) is -0.192. The van der Waals surface area contributed by atoms with Crippen molar-refractivity contribution < 1.29 is 30.0 Å². The van der Waals surface area contributed by atoms with Crippen molar-refractivity contribution >= 4 is 5.97 Å². The van der Waals surface area contributed by atoms with Gasteiger partial charge >= 0.3 is 5.97 Å². The Kier molecular flexibility index (Phi) is 30.8. The van der Waals surface area contributed by atoms with E-state index in [0.717, 1.165) is 32.1 Å². The van der Waals surface area contributed by atoms with E-state index in [9.17, 15) is 9.90 Å². The number of carbonyl (C=O) groups excluding carboxylic acids is 1. The molecule has 0 aromatic rings. The predicted octanol–water partition coefficient (Wildman–Crippen LogP) is 6.31. The summed E-state index contributed by atoms with van der Waals surface area (Å²) >= 11 is 0. The van der Waals surface area contributed by atoms with Crippen molar-refractivity contribution in [1.82, 2.24) is 0 Å². The van der Waals surface area contributed by atoms with Crippen molar-refractivity contribution in [2.24, 2.45) is 5.92 Å². The van der Waals surface area contributed by atoms with Crippen molar-refractivity contribution in [2.45, 2.75) is 155 Å². The van der Waals surface area contributed by atoms with Gasteiger partial charge in [0.15, 0.2) is 0 Å². The lowest BCUT2D eigenvalue weighted by Gasteiger charge is -2.17. The monoisotopic (exact) mass is 504 g/mol. The largest absolute Gasteiger partial charge is 0.463 e. The molecule has 3 unspecified atom stereocenters. The van der Waals surface area contributed by atoms with Gasteiger partial charge in [0.2, 0.25) is 0 Å². The maximum atomic E-state index is 11.4. The molecule has 6 heteroatoms. The number of aliphatic hydroxyl groups excluding tert-OH is 4. The Hall–Kier alpha value is -0.690. The summed E-state index contributed by atoms with van der Waals surface area (Å²) in [7, 11) is 0. The molecule has 3 atom stereocenters. The first-order valence-corrected chi connectivity index (χ1v) is 14.7. The fourth-order valence-electron chi connectivity index (χ4n) is 4.01. The van der Waals surface area contributed by atoms with Gasteiger partial charge in [0, 0.05) is 18.9 Å². The molecule has 0 rings (SSSR count). The van der Waals surface area contributed by atoms with Crippen LogP contribution in [0.2, 0.25) is 0 Å². The molecule has 6 nitrogen and oxygen atoms in total. The van der Waals surface area contributed by atoms with Crippen molar-refractivity contribution in [1.29, 1.82) is 0 Å². The minimum atomic E-state index is -0.954. The van der Waals surface area contributed by atoms with Crippen molar-refractivity contribution in [2.75, 3.05) is 19.8 Å². The maximum Gasteiger partial charge on any atom is 0.305 e. The highest BCUT2D eigenvalue weighted by Gasteiger charge is 2.14. The minimum Gasteiger partial charge on any atom is -0.463 e. The van der Waals surface area contributed by atoms with Crippen LogP contribution in [0.25, 0.3) is 0 Å². The number of esters is 1. The van der Waals surface area contributed by atoms with Gasteiger partial charge < -0.3 is 25.2 Å². The van der Waals surface area contributed by atoms with E-state index in [0.29, 0.717) is 6.42 Å². The molecule has 0 aliphatic rings. The fourth-order valence-corrected chi connectivity index (χ4v) is 4.01. The Morgan fingerprint density at radius 3 is 1.49 bits per heavy atom. The summed E-state index contributed by atoms with van der Waals surface area (Å²) < 4.78 is 4.86. The second-order valence-electron chi connectivity index (χ2n) is 9.93. The molecule has 212 valence electrons. The van der Waals surface area contributed by atoms with E-state index < -0.39 is 6.10 Å². The van der Waals surface area contributed by atoms with Crippen LogP contribution in [0.1, 0.15) is 143 Å². The van der Waals surface area contributed by atoms with Crippen LogP contribution in [0.3, 0.4) is 0 Å². The Labute approximate surface area is 216 Å². The second kappa shape index (κ2) is 29.5. The molecular weight excluding hydrogens is 444 g/mol. The first-order chi connectivity index (χ1) is 17.0. The molecular formula is C29H60O6. The van der Waals surface area contributed by atoms with E-state index in [1.807, 2.05) is 13.8 Å². The van der Waals surface area contributed by atoms with Gasteiger partial charge in [-0.05, 0) is 19.3 Å². The van der Waals surface area contributed by atoms with Crippen LogP contribution in [0.15, 0.2) is 0 Å². The average molecular weight is 505 g/mol. The van der Waals surface area contributed by atoms with Crippen LogP contribution in [-0.2, 0) is 9.53 Å². The molecule has 0 aliphatic heterocycles. The second-order valence-corrected chi connectivity index (χ2v) is 9.93. The Morgan fingerprint density at radius 2 is 1.11 bits per heavy atom. The van der Waals surface area contributed by atoms with Crippen LogP contribution < -0.4 is 0 Å². The topological polar surface area (TPSA) is 107 Å². The molecule has 0 aromatic heterocycles. The molecule has 0 heterocycles. The quantitative estimate of drug-likeness (QED) is 0.0906. The highest BCUT2D eigenvalue weighted by molar-refractivity contribution is 5.69. The van der Waals surface area contributed by atoms with Crippen LogP contribution in [0.5, 0.6) is 0 Å². The summed E-state index contributed by atoms with van der Waals surface area (Å²) in [5.41, 5.74) is 0. The SMILES string of the molecule is CCCC(O)C(CC)CO.CCCCCCCCCCCCCCCCCC(=O)OCC(O)CO. The summed E-state index contributed by atoms with van der Waals surface area (Å²) in [5, 5.41) is 35.8. The number of hydrogen-bond acceptors (Lipinski definition) is 6. The maximum absolute atomic E-state index is 11.4. The Morgan fingerprint density at radius 1 is 0.657 bits per heavy atom. The van der Waals surface area contributed by atoms with Crippen molar-refractivity contribution in [3.05, 3.63) is 0 Å². The van der Waals surface area contributed by atoms with Crippen LogP contribution in [-0.4, -0.2) is 58.4 Å². The third-order valence-corrected chi connectivity index (χ3v) is 6.52. The smallest absolute Gasteiger partial charge is 0.305 e. The van der Waals surface area contributed by atoms with Crippen molar-refractivity contribution in [3.8, 4) is 0 Å². The van der Waals surface area contributed by atoms with Gasteiger partial charge in [0.05, 0.1) is 12.7 Å². The lowest BCUT2D eigenvalue weighted by Crippen LogP contribution is -2.22. The number of carbonyl (C=O) groups is 1. The molecule has 4 N–H and O–H groups in total. The van der Waals surface area contributed by atoms with Gasteiger partial charge in [-0.15, -0.1) is 0 Å². The number of unbranched alkanes of at least 4 members (excludes halogenated alkanes) is 14. The first-order valence-electron chi connectivity index (χ1n) is 14.7. The summed E-state index contributed by atoms with van der Waals surface area (Å²) in [4.78, 5) is 11.4. The first kappa shape index (κ1) is 36.5. The van der Waals surface area contributed by atoms with Crippen LogP contribution >= 0.6 is 0 Å². The molecule has 0 spiro atoms. The molecule has 0 bridgehead atoms. The normalized spacial score (nSPS) is 13.6. The van der Waals surface area contributed by atoms with Crippen molar-refractivity contribution in [3.63, 3.8) is 0 Å². The van der Waals surface area contributed by atoms with Gasteiger partial charge in [-0.25, -0.2) is 0 Å². The standard InChI is InChI=1S/C21H42O4.C8H18O2/c1-2-3-4-5-6-7-8-9-10-11-12-13-14-15-16-17-21(24)25-19-20(23)18-22;1-3-5-8(10)7(4-2)6-9/h20,22-23H,2-19H2,1H3;7-10H,3-6H2,1-2H3. The predicted molar refractivity (Wildman–Crippen MR) is 145 cm³/mol. The number of ether oxygens (including phenoxy) is 1. The zero-order valence-corrected chi connectivity index (χ0v) is 23.4. The van der Waals surface area contributed by atoms with E-state index in [4.69, 9.17) is 20.1 Å². The third-order valence-electron chi connectivity index (χ3n) is 6.52. The fraction of sp³-hybridized carbons (Fsp3) is 0.966. The summed E-state index contributed by atoms with van der Waals surface area (Å²) in [6, 6.07) is 0. The molecule has 0 saturated heterocycles. The van der Waals surface area contributed by atoms with Gasteiger partial charge in [-0.3, -0.25) is 4.79 Å². The van der Waals surface area contributed by atoms with Gasteiger partial charge in [0.25, 0.3) is 0 Å². The highest BCUT2D eigenvalue weighted by Crippen LogP contribution is 2.14. The highest BCUT2D eigenvalue weighted by atomic mass is 16.5. The molecule has 0 saturated carbocycles. The third kappa shape index (κ3) is 27.7. The zero-order chi connectivity index (χ0) is 26.6. The molecule has 0 amide bonds. The number of aliphatic hydroxyl groups is 4. The van der Waals surface area contributed by atoms with E-state index >= 15 is 0 Å². The summed E-state index contributed by atoms with van der Waals surface area (Å²) in [6.07, 6.45) is 21.4. The van der Waals surface area contributed by atoms with E-state index in [-0.39, 0.29) is 37.8 Å². The average Bonchev–Trinajstić information content (AvgIpc) is 2.86. The number of rotatable bonds is 24. The molecule has 0 aromatic carbocycles. The van der Waals surface area contributed by atoms with Crippen LogP contribution in [0, 0.1) is 5.92 Å². The lowest BCUT2D eigenvalue weighted by atomic mass is 9.97. The molecule has 0 fully saturated rings. The molecule has 0 aliphatic carbocycles.